The summed E-state index contributed by atoms with van der Waals surface area (Å²) in [6.45, 7) is 5.86. The largest absolute Gasteiger partial charge is 0.341 e. The smallest absolute Gasteiger partial charge is 0.236 e. The Hall–Kier alpha value is -0.610. The zero-order valence-corrected chi connectivity index (χ0v) is 10.2. The van der Waals surface area contributed by atoms with E-state index in [-0.39, 0.29) is 0 Å². The Morgan fingerprint density at radius 2 is 2.12 bits per heavy atom. The van der Waals surface area contributed by atoms with E-state index in [2.05, 4.69) is 10.2 Å². The number of carbonyl (C=O) groups is 1. The molecule has 2 aliphatic rings. The number of nitrogens with one attached hydrogen (secondary N) is 1. The number of nitrogens with zero attached hydrogens (tertiary/aromatic N) is 2. The molecule has 2 aliphatic heterocycles. The molecule has 2 rings (SSSR count). The standard InChI is InChI=1S/C12H23N3O/c1-13-8-11-4-2-5-14(9-11)10-12(16)15-6-3-7-15/h11,13H,2-10H2,1H3. The lowest BCUT2D eigenvalue weighted by Gasteiger charge is -2.36. The van der Waals surface area contributed by atoms with Crippen LogP contribution in [0, 0.1) is 5.92 Å². The van der Waals surface area contributed by atoms with Gasteiger partial charge in [-0.3, -0.25) is 9.69 Å². The van der Waals surface area contributed by atoms with E-state index in [4.69, 9.17) is 0 Å². The predicted octanol–water partition coefficient (Wildman–Crippen LogP) is 0.150. The van der Waals surface area contributed by atoms with Gasteiger partial charge in [0, 0.05) is 19.6 Å². The summed E-state index contributed by atoms with van der Waals surface area (Å²) in [6, 6.07) is 0. The third kappa shape index (κ3) is 2.95. The third-order valence-electron chi connectivity index (χ3n) is 3.66. The highest BCUT2D eigenvalue weighted by Crippen LogP contribution is 2.16. The Morgan fingerprint density at radius 1 is 1.31 bits per heavy atom. The first kappa shape index (κ1) is 11.9. The SMILES string of the molecule is CNCC1CCCN(CC(=O)N2CCC2)C1. The van der Waals surface area contributed by atoms with Crippen LogP contribution in [-0.2, 0) is 4.79 Å². The Balaban J connectivity index is 1.73. The topological polar surface area (TPSA) is 35.6 Å². The van der Waals surface area contributed by atoms with Gasteiger partial charge in [-0.2, -0.15) is 0 Å². The molecule has 0 aromatic heterocycles. The van der Waals surface area contributed by atoms with Crippen LogP contribution >= 0.6 is 0 Å². The summed E-state index contributed by atoms with van der Waals surface area (Å²) in [5.41, 5.74) is 0. The summed E-state index contributed by atoms with van der Waals surface area (Å²) in [5.74, 6) is 1.05. The first-order chi connectivity index (χ1) is 7.79. The Bertz CT molecular complexity index is 238. The molecular weight excluding hydrogens is 202 g/mol. The van der Waals surface area contributed by atoms with Gasteiger partial charge in [0.2, 0.25) is 5.91 Å². The molecule has 1 unspecified atom stereocenters. The van der Waals surface area contributed by atoms with Gasteiger partial charge in [0.25, 0.3) is 0 Å². The zero-order chi connectivity index (χ0) is 11.4. The van der Waals surface area contributed by atoms with E-state index in [1.807, 2.05) is 11.9 Å². The molecule has 0 spiro atoms. The van der Waals surface area contributed by atoms with E-state index in [0.717, 1.165) is 38.6 Å². The van der Waals surface area contributed by atoms with E-state index < -0.39 is 0 Å². The second kappa shape index (κ2) is 5.64. The molecule has 16 heavy (non-hydrogen) atoms. The zero-order valence-electron chi connectivity index (χ0n) is 10.2. The molecule has 1 N–H and O–H groups in total. The van der Waals surface area contributed by atoms with Gasteiger partial charge in [-0.25, -0.2) is 0 Å². The molecule has 1 amide bonds. The number of rotatable bonds is 4. The van der Waals surface area contributed by atoms with Gasteiger partial charge >= 0.3 is 0 Å². The van der Waals surface area contributed by atoms with E-state index >= 15 is 0 Å². The van der Waals surface area contributed by atoms with Crippen molar-refractivity contribution in [2.45, 2.75) is 19.3 Å². The van der Waals surface area contributed by atoms with Crippen LogP contribution in [0.5, 0.6) is 0 Å². The molecule has 0 aromatic rings. The van der Waals surface area contributed by atoms with Crippen LogP contribution in [0.3, 0.4) is 0 Å². The third-order valence-corrected chi connectivity index (χ3v) is 3.66. The highest BCUT2D eigenvalue weighted by Gasteiger charge is 2.25. The fourth-order valence-corrected chi connectivity index (χ4v) is 2.61. The number of likely N-dealkylation sites (tertiary alicyclic amines) is 2. The van der Waals surface area contributed by atoms with Crippen molar-refractivity contribution in [2.75, 3.05) is 46.3 Å². The van der Waals surface area contributed by atoms with Crippen molar-refractivity contribution in [2.24, 2.45) is 5.92 Å². The Labute approximate surface area is 98.0 Å². The van der Waals surface area contributed by atoms with Crippen LogP contribution in [0.2, 0.25) is 0 Å². The van der Waals surface area contributed by atoms with Crippen molar-refractivity contribution in [3.8, 4) is 0 Å². The second-order valence-electron chi connectivity index (χ2n) is 5.04. The fourth-order valence-electron chi connectivity index (χ4n) is 2.61. The highest BCUT2D eigenvalue weighted by atomic mass is 16.2. The lowest BCUT2D eigenvalue weighted by atomic mass is 9.98. The van der Waals surface area contributed by atoms with Crippen LogP contribution in [0.4, 0.5) is 0 Å². The molecule has 2 heterocycles. The van der Waals surface area contributed by atoms with Crippen LogP contribution in [0.25, 0.3) is 0 Å². The summed E-state index contributed by atoms with van der Waals surface area (Å²) in [4.78, 5) is 16.1. The number of amides is 1. The molecule has 0 bridgehead atoms. The molecule has 0 radical (unpaired) electrons. The first-order valence-electron chi connectivity index (χ1n) is 6.44. The molecule has 1 atom stereocenters. The summed E-state index contributed by atoms with van der Waals surface area (Å²) in [6.07, 6.45) is 3.73. The molecule has 4 heteroatoms. The quantitative estimate of drug-likeness (QED) is 0.740. The number of hydrogen-bond donors (Lipinski definition) is 1. The minimum atomic E-state index is 0.330. The van der Waals surface area contributed by atoms with E-state index in [1.165, 1.54) is 19.3 Å². The normalized spacial score (nSPS) is 26.6. The number of piperidine rings is 1. The van der Waals surface area contributed by atoms with E-state index in [1.54, 1.807) is 0 Å². The van der Waals surface area contributed by atoms with Crippen LogP contribution in [0.1, 0.15) is 19.3 Å². The van der Waals surface area contributed by atoms with Crippen molar-refractivity contribution in [3.05, 3.63) is 0 Å². The monoisotopic (exact) mass is 225 g/mol. The van der Waals surface area contributed by atoms with Gasteiger partial charge in [-0.1, -0.05) is 0 Å². The Kier molecular flexibility index (Phi) is 4.18. The van der Waals surface area contributed by atoms with Crippen molar-refractivity contribution >= 4 is 5.91 Å². The Morgan fingerprint density at radius 3 is 2.75 bits per heavy atom. The molecule has 0 aromatic carbocycles. The minimum Gasteiger partial charge on any atom is -0.341 e. The van der Waals surface area contributed by atoms with Crippen LogP contribution < -0.4 is 5.32 Å². The number of hydrogen-bond acceptors (Lipinski definition) is 3. The maximum absolute atomic E-state index is 11.8. The van der Waals surface area contributed by atoms with Crippen LogP contribution in [-0.4, -0.2) is 62.0 Å². The van der Waals surface area contributed by atoms with Crippen molar-refractivity contribution in [3.63, 3.8) is 0 Å². The van der Waals surface area contributed by atoms with Crippen molar-refractivity contribution in [1.82, 2.24) is 15.1 Å². The minimum absolute atomic E-state index is 0.330. The fraction of sp³-hybridized carbons (Fsp3) is 0.917. The van der Waals surface area contributed by atoms with Crippen LogP contribution in [0.15, 0.2) is 0 Å². The van der Waals surface area contributed by atoms with Gasteiger partial charge in [0.1, 0.15) is 0 Å². The molecule has 4 nitrogen and oxygen atoms in total. The summed E-state index contributed by atoms with van der Waals surface area (Å²) >= 11 is 0. The van der Waals surface area contributed by atoms with E-state index in [0.29, 0.717) is 12.5 Å². The summed E-state index contributed by atoms with van der Waals surface area (Å²) in [7, 11) is 2.00. The van der Waals surface area contributed by atoms with Gasteiger partial charge in [0.15, 0.2) is 0 Å². The van der Waals surface area contributed by atoms with Gasteiger partial charge in [0.05, 0.1) is 6.54 Å². The lowest BCUT2D eigenvalue weighted by Crippen LogP contribution is -2.49. The molecule has 0 aliphatic carbocycles. The molecule has 2 saturated heterocycles. The molecule has 92 valence electrons. The lowest BCUT2D eigenvalue weighted by molar-refractivity contribution is -0.136. The maximum atomic E-state index is 11.8. The van der Waals surface area contributed by atoms with Crippen molar-refractivity contribution in [1.29, 1.82) is 0 Å². The average Bonchev–Trinajstić information content (AvgIpc) is 2.15. The van der Waals surface area contributed by atoms with Gasteiger partial charge < -0.3 is 10.2 Å². The van der Waals surface area contributed by atoms with E-state index in [9.17, 15) is 4.79 Å². The molecular formula is C12H23N3O. The molecule has 2 fully saturated rings. The van der Waals surface area contributed by atoms with Gasteiger partial charge in [-0.05, 0) is 45.3 Å². The second-order valence-corrected chi connectivity index (χ2v) is 5.04. The maximum Gasteiger partial charge on any atom is 0.236 e. The molecule has 0 saturated carbocycles. The summed E-state index contributed by atoms with van der Waals surface area (Å²) in [5, 5.41) is 3.23. The average molecular weight is 225 g/mol. The highest BCUT2D eigenvalue weighted by molar-refractivity contribution is 5.78. The summed E-state index contributed by atoms with van der Waals surface area (Å²) < 4.78 is 0. The van der Waals surface area contributed by atoms with Gasteiger partial charge in [-0.15, -0.1) is 0 Å². The number of carbonyl (C=O) groups excluding carboxylic acids is 1. The first-order valence-corrected chi connectivity index (χ1v) is 6.44. The van der Waals surface area contributed by atoms with Crippen molar-refractivity contribution < 1.29 is 4.79 Å². The predicted molar refractivity (Wildman–Crippen MR) is 64.3 cm³/mol.